The highest BCUT2D eigenvalue weighted by atomic mass is 32.2. The van der Waals surface area contributed by atoms with Crippen LogP contribution in [-0.2, 0) is 16.4 Å². The average molecular weight is 479 g/mol. The molecule has 0 bridgehead atoms. The van der Waals surface area contributed by atoms with Crippen molar-refractivity contribution in [3.63, 3.8) is 0 Å². The van der Waals surface area contributed by atoms with Crippen LogP contribution in [0.5, 0.6) is 0 Å². The van der Waals surface area contributed by atoms with Crippen LogP contribution in [0.2, 0.25) is 0 Å². The van der Waals surface area contributed by atoms with Gasteiger partial charge in [0.25, 0.3) is 15.9 Å². The lowest BCUT2D eigenvalue weighted by molar-refractivity contribution is 0.102. The molecule has 2 N–H and O–H groups in total. The van der Waals surface area contributed by atoms with Crippen molar-refractivity contribution in [2.75, 3.05) is 10.0 Å². The van der Waals surface area contributed by atoms with Crippen LogP contribution in [0.25, 0.3) is 10.1 Å². The smallest absolute Gasteiger partial charge is 0.261 e. The zero-order valence-electron chi connectivity index (χ0n) is 18.4. The van der Waals surface area contributed by atoms with E-state index in [1.807, 2.05) is 42.5 Å². The molecule has 0 aliphatic rings. The van der Waals surface area contributed by atoms with Gasteiger partial charge >= 0.3 is 0 Å². The van der Waals surface area contributed by atoms with E-state index in [1.165, 1.54) is 11.3 Å². The molecule has 0 aliphatic carbocycles. The zero-order valence-corrected chi connectivity index (χ0v) is 20.0. The van der Waals surface area contributed by atoms with Crippen LogP contribution in [0, 0.1) is 0 Å². The van der Waals surface area contributed by atoms with Gasteiger partial charge in [-0.3, -0.25) is 9.52 Å². The third-order valence-corrected chi connectivity index (χ3v) is 7.79. The second-order valence-corrected chi connectivity index (χ2v) is 10.6. The minimum absolute atomic E-state index is 0.168. The molecule has 0 saturated heterocycles. The number of unbranched alkanes of at least 4 members (excludes halogenated alkanes) is 2. The Kier molecular flexibility index (Phi) is 7.11. The summed E-state index contributed by atoms with van der Waals surface area (Å²) in [5.74, 6) is -0.369. The van der Waals surface area contributed by atoms with Gasteiger partial charge in [0.05, 0.1) is 21.1 Å². The quantitative estimate of drug-likeness (QED) is 0.263. The van der Waals surface area contributed by atoms with Crippen molar-refractivity contribution in [3.05, 3.63) is 90.0 Å². The van der Waals surface area contributed by atoms with Gasteiger partial charge in [0.1, 0.15) is 0 Å². The number of hydrogen-bond acceptors (Lipinski definition) is 4. The van der Waals surface area contributed by atoms with E-state index in [4.69, 9.17) is 0 Å². The number of thiophene rings is 1. The SMILES string of the molecule is CCCCCc1ccc(S(=O)(=O)Nc2ccccc2C(=O)Nc2cc3ccccc3s2)cc1. The molecular weight excluding hydrogens is 452 g/mol. The summed E-state index contributed by atoms with van der Waals surface area (Å²) in [7, 11) is -3.83. The lowest BCUT2D eigenvalue weighted by Gasteiger charge is -2.13. The van der Waals surface area contributed by atoms with Crippen LogP contribution in [0.4, 0.5) is 10.7 Å². The van der Waals surface area contributed by atoms with E-state index in [0.29, 0.717) is 5.00 Å². The van der Waals surface area contributed by atoms with E-state index in [9.17, 15) is 13.2 Å². The van der Waals surface area contributed by atoms with Crippen LogP contribution in [0.15, 0.2) is 83.8 Å². The molecule has 5 nitrogen and oxygen atoms in total. The molecule has 0 aliphatic heterocycles. The number of aryl methyl sites for hydroxylation is 1. The summed E-state index contributed by atoms with van der Waals surface area (Å²) in [5, 5.41) is 4.64. The number of anilines is 2. The number of fused-ring (bicyclic) bond motifs is 1. The van der Waals surface area contributed by atoms with Gasteiger partial charge in [0.2, 0.25) is 0 Å². The molecule has 33 heavy (non-hydrogen) atoms. The van der Waals surface area contributed by atoms with E-state index in [2.05, 4.69) is 17.0 Å². The normalized spacial score (nSPS) is 11.4. The fourth-order valence-corrected chi connectivity index (χ4v) is 5.65. The van der Waals surface area contributed by atoms with Gasteiger partial charge < -0.3 is 5.32 Å². The van der Waals surface area contributed by atoms with Crippen molar-refractivity contribution in [2.24, 2.45) is 0 Å². The maximum Gasteiger partial charge on any atom is 0.261 e. The molecule has 170 valence electrons. The average Bonchev–Trinajstić information content (AvgIpc) is 3.22. The van der Waals surface area contributed by atoms with E-state index in [-0.39, 0.29) is 22.1 Å². The third kappa shape index (κ3) is 5.61. The second kappa shape index (κ2) is 10.2. The first-order valence-corrected chi connectivity index (χ1v) is 13.3. The van der Waals surface area contributed by atoms with E-state index in [0.717, 1.165) is 41.3 Å². The first kappa shape index (κ1) is 23.0. The number of rotatable bonds is 9. The lowest BCUT2D eigenvalue weighted by atomic mass is 10.1. The van der Waals surface area contributed by atoms with Gasteiger partial charge in [-0.1, -0.05) is 62.2 Å². The van der Waals surface area contributed by atoms with Crippen molar-refractivity contribution >= 4 is 48.0 Å². The van der Waals surface area contributed by atoms with Crippen molar-refractivity contribution in [1.29, 1.82) is 0 Å². The topological polar surface area (TPSA) is 75.3 Å². The number of sulfonamides is 1. The Morgan fingerprint density at radius 1 is 0.909 bits per heavy atom. The van der Waals surface area contributed by atoms with Crippen LogP contribution in [0.1, 0.15) is 42.1 Å². The number of para-hydroxylation sites is 1. The van der Waals surface area contributed by atoms with E-state index in [1.54, 1.807) is 36.4 Å². The molecule has 1 amide bonds. The second-order valence-electron chi connectivity index (χ2n) is 7.85. The summed E-state index contributed by atoms with van der Waals surface area (Å²) in [6.45, 7) is 2.15. The highest BCUT2D eigenvalue weighted by Gasteiger charge is 2.19. The van der Waals surface area contributed by atoms with Crippen LogP contribution < -0.4 is 10.0 Å². The van der Waals surface area contributed by atoms with Crippen LogP contribution in [0.3, 0.4) is 0 Å². The summed E-state index contributed by atoms with van der Waals surface area (Å²) in [5.41, 5.74) is 1.61. The maximum atomic E-state index is 13.0. The number of nitrogens with one attached hydrogen (secondary N) is 2. The third-order valence-electron chi connectivity index (χ3n) is 5.38. The number of amides is 1. The Balaban J connectivity index is 1.51. The molecule has 3 aromatic carbocycles. The molecular formula is C26H26N2O3S2. The van der Waals surface area contributed by atoms with Crippen LogP contribution >= 0.6 is 11.3 Å². The van der Waals surface area contributed by atoms with Crippen molar-refractivity contribution in [1.82, 2.24) is 0 Å². The number of hydrogen-bond donors (Lipinski definition) is 2. The summed E-state index contributed by atoms with van der Waals surface area (Å²) >= 11 is 1.47. The van der Waals surface area contributed by atoms with Gasteiger partial charge in [-0.15, -0.1) is 11.3 Å². The fourth-order valence-electron chi connectivity index (χ4n) is 3.61. The highest BCUT2D eigenvalue weighted by Crippen LogP contribution is 2.30. The van der Waals surface area contributed by atoms with Gasteiger partial charge in [0, 0.05) is 4.70 Å². The van der Waals surface area contributed by atoms with Crippen LogP contribution in [-0.4, -0.2) is 14.3 Å². The molecule has 1 heterocycles. The standard InChI is InChI=1S/C26H26N2O3S2/c1-2-3-4-9-19-14-16-21(17-15-19)33(30,31)28-23-12-7-6-11-22(23)26(29)27-25-18-20-10-5-8-13-24(20)32-25/h5-8,10-18,28H,2-4,9H2,1H3,(H,27,29). The summed E-state index contributed by atoms with van der Waals surface area (Å²) in [6, 6.07) is 23.3. The number of carbonyl (C=O) groups excluding carboxylic acids is 1. The molecule has 0 spiro atoms. The predicted molar refractivity (Wildman–Crippen MR) is 137 cm³/mol. The zero-order chi connectivity index (χ0) is 23.3. The molecule has 0 fully saturated rings. The first-order valence-electron chi connectivity index (χ1n) is 11.0. The maximum absolute atomic E-state index is 13.0. The monoisotopic (exact) mass is 478 g/mol. The Bertz CT molecular complexity index is 1330. The predicted octanol–water partition coefficient (Wildman–Crippen LogP) is 6.69. The molecule has 4 rings (SSSR count). The molecule has 1 aromatic heterocycles. The molecule has 4 aromatic rings. The highest BCUT2D eigenvalue weighted by molar-refractivity contribution is 7.92. The summed E-state index contributed by atoms with van der Waals surface area (Å²) < 4.78 is 29.6. The van der Waals surface area contributed by atoms with Gasteiger partial charge in [-0.2, -0.15) is 0 Å². The van der Waals surface area contributed by atoms with Crippen molar-refractivity contribution in [2.45, 2.75) is 37.5 Å². The molecule has 0 unspecified atom stereocenters. The Morgan fingerprint density at radius 3 is 2.39 bits per heavy atom. The largest absolute Gasteiger partial charge is 0.313 e. The lowest BCUT2D eigenvalue weighted by Crippen LogP contribution is -2.18. The minimum Gasteiger partial charge on any atom is -0.313 e. The van der Waals surface area contributed by atoms with Crippen molar-refractivity contribution < 1.29 is 13.2 Å². The Hall–Kier alpha value is -3.16. The Labute approximate surface area is 198 Å². The molecule has 0 saturated carbocycles. The molecule has 7 heteroatoms. The number of carbonyl (C=O) groups is 1. The van der Waals surface area contributed by atoms with Gasteiger partial charge in [0.15, 0.2) is 0 Å². The van der Waals surface area contributed by atoms with Crippen molar-refractivity contribution in [3.8, 4) is 0 Å². The summed E-state index contributed by atoms with van der Waals surface area (Å²) in [6.07, 6.45) is 4.32. The minimum atomic E-state index is -3.83. The van der Waals surface area contributed by atoms with E-state index >= 15 is 0 Å². The summed E-state index contributed by atoms with van der Waals surface area (Å²) in [4.78, 5) is 13.1. The Morgan fingerprint density at radius 2 is 1.64 bits per heavy atom. The first-order chi connectivity index (χ1) is 16.0. The van der Waals surface area contributed by atoms with E-state index < -0.39 is 10.0 Å². The molecule has 0 atom stereocenters. The number of benzene rings is 3. The van der Waals surface area contributed by atoms with Gasteiger partial charge in [-0.25, -0.2) is 8.42 Å². The van der Waals surface area contributed by atoms with Gasteiger partial charge in [-0.05, 0) is 60.2 Å². The fraction of sp³-hybridized carbons (Fsp3) is 0.192. The molecule has 0 radical (unpaired) electrons.